The van der Waals surface area contributed by atoms with Crippen molar-refractivity contribution in [2.75, 3.05) is 42.1 Å². The molecule has 3 heterocycles. The van der Waals surface area contributed by atoms with Gasteiger partial charge in [0.1, 0.15) is 5.82 Å². The van der Waals surface area contributed by atoms with Crippen LogP contribution in [0.15, 0.2) is 30.5 Å². The number of hydrogen-bond acceptors (Lipinski definition) is 7. The SMILES string of the molecule is Cc1nnc(N[C@H](C)c2cc(N)cc(C(F)(F)F)c2)c2cc(N3CCN(C(=O)O)CC3)ncc12. The number of aryl methyl sites for hydroxylation is 1. The van der Waals surface area contributed by atoms with Crippen molar-refractivity contribution in [1.82, 2.24) is 20.1 Å². The number of alkyl halides is 3. The zero-order valence-electron chi connectivity index (χ0n) is 18.6. The molecule has 1 aliphatic rings. The number of carboxylic acid groups (broad SMARTS) is 1. The van der Waals surface area contributed by atoms with E-state index in [0.717, 1.165) is 17.5 Å². The van der Waals surface area contributed by atoms with Crippen LogP contribution in [0, 0.1) is 6.92 Å². The molecule has 1 fully saturated rings. The maximum absolute atomic E-state index is 13.2. The predicted molar refractivity (Wildman–Crippen MR) is 122 cm³/mol. The van der Waals surface area contributed by atoms with Gasteiger partial charge in [0.15, 0.2) is 5.82 Å². The Balaban J connectivity index is 1.64. The first kappa shape index (κ1) is 23.3. The van der Waals surface area contributed by atoms with Crippen LogP contribution in [-0.2, 0) is 6.18 Å². The van der Waals surface area contributed by atoms with Gasteiger partial charge < -0.3 is 26.0 Å². The number of pyridine rings is 1. The summed E-state index contributed by atoms with van der Waals surface area (Å²) in [6.07, 6.45) is -3.78. The highest BCUT2D eigenvalue weighted by Crippen LogP contribution is 2.34. The molecule has 0 unspecified atom stereocenters. The zero-order chi connectivity index (χ0) is 24.6. The molecule has 0 spiro atoms. The number of halogens is 3. The molecule has 4 N–H and O–H groups in total. The van der Waals surface area contributed by atoms with Gasteiger partial charge in [0.2, 0.25) is 0 Å². The average Bonchev–Trinajstić information content (AvgIpc) is 2.79. The summed E-state index contributed by atoms with van der Waals surface area (Å²) in [5.74, 6) is 1.06. The summed E-state index contributed by atoms with van der Waals surface area (Å²) in [6, 6.07) is 4.75. The molecule has 0 saturated carbocycles. The highest BCUT2D eigenvalue weighted by Gasteiger charge is 2.31. The van der Waals surface area contributed by atoms with Gasteiger partial charge in [0.25, 0.3) is 0 Å². The molecular formula is C22H24F3N7O2. The van der Waals surface area contributed by atoms with E-state index in [1.807, 2.05) is 11.0 Å². The molecular weight excluding hydrogens is 451 g/mol. The number of amides is 1. The van der Waals surface area contributed by atoms with Gasteiger partial charge in [-0.15, -0.1) is 5.10 Å². The van der Waals surface area contributed by atoms with Crippen molar-refractivity contribution in [2.24, 2.45) is 0 Å². The molecule has 1 amide bonds. The van der Waals surface area contributed by atoms with Crippen LogP contribution in [0.2, 0.25) is 0 Å². The number of hydrogen-bond donors (Lipinski definition) is 3. The van der Waals surface area contributed by atoms with E-state index in [1.54, 1.807) is 20.0 Å². The van der Waals surface area contributed by atoms with Crippen LogP contribution in [0.4, 0.5) is 35.3 Å². The first-order chi connectivity index (χ1) is 16.0. The number of nitrogens with two attached hydrogens (primary N) is 1. The van der Waals surface area contributed by atoms with E-state index in [2.05, 4.69) is 20.5 Å². The molecule has 1 aromatic carbocycles. The number of nitrogens with zero attached hydrogens (tertiary/aromatic N) is 5. The van der Waals surface area contributed by atoms with Crippen LogP contribution in [0.3, 0.4) is 0 Å². The first-order valence-electron chi connectivity index (χ1n) is 10.6. The van der Waals surface area contributed by atoms with Gasteiger partial charge >= 0.3 is 12.3 Å². The fourth-order valence-electron chi connectivity index (χ4n) is 3.95. The highest BCUT2D eigenvalue weighted by molar-refractivity contribution is 5.94. The lowest BCUT2D eigenvalue weighted by atomic mass is 10.0. The van der Waals surface area contributed by atoms with E-state index in [-0.39, 0.29) is 5.69 Å². The second-order valence-electron chi connectivity index (χ2n) is 8.23. The Kier molecular flexibility index (Phi) is 6.07. The summed E-state index contributed by atoms with van der Waals surface area (Å²) in [7, 11) is 0. The van der Waals surface area contributed by atoms with Crippen molar-refractivity contribution in [3.63, 3.8) is 0 Å². The minimum Gasteiger partial charge on any atom is -0.465 e. The molecule has 12 heteroatoms. The average molecular weight is 475 g/mol. The van der Waals surface area contributed by atoms with Gasteiger partial charge in [-0.3, -0.25) is 0 Å². The number of carbonyl (C=O) groups is 1. The van der Waals surface area contributed by atoms with Crippen molar-refractivity contribution in [2.45, 2.75) is 26.1 Å². The predicted octanol–water partition coefficient (Wildman–Crippen LogP) is 3.91. The molecule has 0 aliphatic carbocycles. The van der Waals surface area contributed by atoms with E-state index in [9.17, 15) is 18.0 Å². The van der Waals surface area contributed by atoms with Gasteiger partial charge in [-0.25, -0.2) is 9.78 Å². The molecule has 3 aromatic rings. The maximum atomic E-state index is 13.2. The third-order valence-corrected chi connectivity index (χ3v) is 5.87. The van der Waals surface area contributed by atoms with E-state index in [0.29, 0.717) is 54.5 Å². The van der Waals surface area contributed by atoms with Crippen LogP contribution in [0.5, 0.6) is 0 Å². The summed E-state index contributed by atoms with van der Waals surface area (Å²) in [5, 5.41) is 22.2. The summed E-state index contributed by atoms with van der Waals surface area (Å²) >= 11 is 0. The number of nitrogens with one attached hydrogen (secondary N) is 1. The molecule has 2 aromatic heterocycles. The number of nitrogen functional groups attached to an aromatic ring is 1. The number of piperazine rings is 1. The van der Waals surface area contributed by atoms with E-state index < -0.39 is 23.9 Å². The van der Waals surface area contributed by atoms with Crippen molar-refractivity contribution in [3.05, 3.63) is 47.3 Å². The molecule has 34 heavy (non-hydrogen) atoms. The second-order valence-corrected chi connectivity index (χ2v) is 8.23. The van der Waals surface area contributed by atoms with Crippen molar-refractivity contribution in [1.29, 1.82) is 0 Å². The van der Waals surface area contributed by atoms with Gasteiger partial charge in [-0.2, -0.15) is 18.3 Å². The summed E-state index contributed by atoms with van der Waals surface area (Å²) < 4.78 is 39.7. The molecule has 4 rings (SSSR count). The molecule has 1 aliphatic heterocycles. The number of fused-ring (bicyclic) bond motifs is 1. The molecule has 0 bridgehead atoms. The van der Waals surface area contributed by atoms with Crippen molar-refractivity contribution >= 4 is 34.2 Å². The fourth-order valence-corrected chi connectivity index (χ4v) is 3.95. The standard InChI is InChI=1S/C22H24F3N7O2/c1-12(14-7-15(22(23,24)25)9-16(26)8-14)28-20-17-10-19(27-11-18(17)13(2)29-30-20)31-3-5-32(6-4-31)21(33)34/h7-12H,3-6,26H2,1-2H3,(H,28,30)(H,33,34)/t12-/m1/s1. The second kappa shape index (κ2) is 8.84. The highest BCUT2D eigenvalue weighted by atomic mass is 19.4. The number of rotatable bonds is 4. The third kappa shape index (κ3) is 4.75. The lowest BCUT2D eigenvalue weighted by Crippen LogP contribution is -2.48. The number of anilines is 3. The largest absolute Gasteiger partial charge is 0.465 e. The minimum atomic E-state index is -4.51. The monoisotopic (exact) mass is 475 g/mol. The van der Waals surface area contributed by atoms with Gasteiger partial charge in [-0.1, -0.05) is 0 Å². The summed E-state index contributed by atoms with van der Waals surface area (Å²) in [5.41, 5.74) is 5.94. The van der Waals surface area contributed by atoms with Crippen LogP contribution < -0.4 is 16.0 Å². The van der Waals surface area contributed by atoms with E-state index >= 15 is 0 Å². The fraction of sp³-hybridized carbons (Fsp3) is 0.364. The quantitative estimate of drug-likeness (QED) is 0.486. The topological polar surface area (TPSA) is 120 Å². The number of benzene rings is 1. The summed E-state index contributed by atoms with van der Waals surface area (Å²) in [6.45, 7) is 5.22. The van der Waals surface area contributed by atoms with Gasteiger partial charge in [-0.05, 0) is 43.7 Å². The maximum Gasteiger partial charge on any atom is 0.416 e. The Bertz CT molecular complexity index is 1230. The van der Waals surface area contributed by atoms with Gasteiger partial charge in [0.05, 0.1) is 17.3 Å². The van der Waals surface area contributed by atoms with E-state index in [1.165, 1.54) is 11.0 Å². The van der Waals surface area contributed by atoms with Crippen LogP contribution in [0.25, 0.3) is 10.8 Å². The molecule has 9 nitrogen and oxygen atoms in total. The van der Waals surface area contributed by atoms with Crippen molar-refractivity contribution in [3.8, 4) is 0 Å². The number of aromatic nitrogens is 3. The Morgan fingerprint density at radius 2 is 1.82 bits per heavy atom. The normalized spacial score (nSPS) is 15.4. The third-order valence-electron chi connectivity index (χ3n) is 5.87. The minimum absolute atomic E-state index is 0.0188. The van der Waals surface area contributed by atoms with E-state index in [4.69, 9.17) is 10.8 Å². The van der Waals surface area contributed by atoms with Crippen LogP contribution >= 0.6 is 0 Å². The Labute approximate surface area is 193 Å². The van der Waals surface area contributed by atoms with Gasteiger partial charge in [0, 0.05) is 48.8 Å². The van der Waals surface area contributed by atoms with Crippen LogP contribution in [-0.4, -0.2) is 57.5 Å². The lowest BCUT2D eigenvalue weighted by Gasteiger charge is -2.34. The first-order valence-corrected chi connectivity index (χ1v) is 10.6. The lowest BCUT2D eigenvalue weighted by molar-refractivity contribution is -0.137. The Morgan fingerprint density at radius 1 is 1.12 bits per heavy atom. The molecule has 180 valence electrons. The zero-order valence-corrected chi connectivity index (χ0v) is 18.6. The Morgan fingerprint density at radius 3 is 2.47 bits per heavy atom. The molecule has 1 saturated heterocycles. The molecule has 1 atom stereocenters. The van der Waals surface area contributed by atoms with Crippen LogP contribution in [0.1, 0.15) is 29.8 Å². The summed E-state index contributed by atoms with van der Waals surface area (Å²) in [4.78, 5) is 19.0. The smallest absolute Gasteiger partial charge is 0.416 e. The van der Waals surface area contributed by atoms with Crippen molar-refractivity contribution < 1.29 is 23.1 Å². The Hall–Kier alpha value is -3.83. The molecule has 0 radical (unpaired) electrons.